The predicted octanol–water partition coefficient (Wildman–Crippen LogP) is 1.24. The number of benzene rings is 1. The maximum Gasteiger partial charge on any atom is 0.242 e. The fourth-order valence-corrected chi connectivity index (χ4v) is 1.98. The van der Waals surface area contributed by atoms with E-state index in [1.807, 2.05) is 36.2 Å². The lowest BCUT2D eigenvalue weighted by atomic mass is 10.2. The van der Waals surface area contributed by atoms with E-state index in [1.54, 1.807) is 12.1 Å². The van der Waals surface area contributed by atoms with Gasteiger partial charge in [0, 0.05) is 12.7 Å². The lowest BCUT2D eigenvalue weighted by Crippen LogP contribution is -2.38. The maximum absolute atomic E-state index is 11.5. The molecule has 1 saturated heterocycles. The smallest absolute Gasteiger partial charge is 0.242 e. The summed E-state index contributed by atoms with van der Waals surface area (Å²) in [5, 5.41) is 3.62. The van der Waals surface area contributed by atoms with Crippen LogP contribution in [0.2, 0.25) is 0 Å². The van der Waals surface area contributed by atoms with Crippen molar-refractivity contribution >= 4 is 17.3 Å². The van der Waals surface area contributed by atoms with Crippen LogP contribution in [0.1, 0.15) is 13.3 Å². The minimum absolute atomic E-state index is 0.143. The van der Waals surface area contributed by atoms with Gasteiger partial charge >= 0.3 is 0 Å². The maximum atomic E-state index is 11.5. The summed E-state index contributed by atoms with van der Waals surface area (Å²) in [6, 6.07) is 7.78. The van der Waals surface area contributed by atoms with E-state index in [-0.39, 0.29) is 11.9 Å². The number of anilines is 2. The Morgan fingerprint density at radius 2 is 2.20 bits per heavy atom. The molecule has 1 fully saturated rings. The molecule has 0 aromatic heterocycles. The van der Waals surface area contributed by atoms with E-state index in [0.29, 0.717) is 12.1 Å². The zero-order valence-corrected chi connectivity index (χ0v) is 8.97. The molecule has 0 saturated carbocycles. The molecule has 80 valence electrons. The van der Waals surface area contributed by atoms with Crippen LogP contribution < -0.4 is 10.7 Å². The summed E-state index contributed by atoms with van der Waals surface area (Å²) in [4.78, 5) is 11.5. The largest absolute Gasteiger partial charge is 0.399 e. The van der Waals surface area contributed by atoms with Crippen LogP contribution in [0.5, 0.6) is 0 Å². The third-order valence-corrected chi connectivity index (χ3v) is 2.71. The number of hydrazine groups is 1. The zero-order chi connectivity index (χ0) is 11.0. The van der Waals surface area contributed by atoms with Gasteiger partial charge < -0.3 is 5.73 Å². The van der Waals surface area contributed by atoms with Gasteiger partial charge in [-0.25, -0.2) is 0 Å². The van der Waals surface area contributed by atoms with E-state index >= 15 is 0 Å². The van der Waals surface area contributed by atoms with Gasteiger partial charge in [-0.15, -0.1) is 0 Å². The molecule has 0 radical (unpaired) electrons. The zero-order valence-electron chi connectivity index (χ0n) is 8.97. The second-order valence-electron chi connectivity index (χ2n) is 3.91. The number of hydrogen-bond acceptors (Lipinski definition) is 3. The molecule has 1 atom stereocenters. The highest BCUT2D eigenvalue weighted by Gasteiger charge is 2.32. The molecule has 1 aliphatic heterocycles. The number of nitrogen functional groups attached to an aromatic ring is 1. The van der Waals surface area contributed by atoms with E-state index in [4.69, 9.17) is 5.73 Å². The van der Waals surface area contributed by atoms with Crippen molar-refractivity contribution in [1.82, 2.24) is 5.01 Å². The average Bonchev–Trinajstić information content (AvgIpc) is 2.41. The third kappa shape index (κ3) is 1.63. The molecule has 4 heteroatoms. The summed E-state index contributed by atoms with van der Waals surface area (Å²) < 4.78 is 0. The highest BCUT2D eigenvalue weighted by molar-refractivity contribution is 5.82. The van der Waals surface area contributed by atoms with Gasteiger partial charge in [-0.2, -0.15) is 0 Å². The first-order valence-corrected chi connectivity index (χ1v) is 5.01. The number of rotatable bonds is 1. The molecular weight excluding hydrogens is 190 g/mol. The topological polar surface area (TPSA) is 49.6 Å². The monoisotopic (exact) mass is 205 g/mol. The molecule has 1 heterocycles. The summed E-state index contributed by atoms with van der Waals surface area (Å²) in [5.74, 6) is 0.143. The number of nitrogens with two attached hydrogens (primary N) is 1. The van der Waals surface area contributed by atoms with Crippen LogP contribution in [0.3, 0.4) is 0 Å². The molecule has 2 N–H and O–H groups in total. The summed E-state index contributed by atoms with van der Waals surface area (Å²) in [7, 11) is 1.79. The Morgan fingerprint density at radius 1 is 1.47 bits per heavy atom. The Labute approximate surface area is 89.2 Å². The lowest BCUT2D eigenvalue weighted by Gasteiger charge is -2.29. The van der Waals surface area contributed by atoms with Crippen molar-refractivity contribution in [1.29, 1.82) is 0 Å². The van der Waals surface area contributed by atoms with Gasteiger partial charge in [0.15, 0.2) is 0 Å². The van der Waals surface area contributed by atoms with Gasteiger partial charge in [-0.05, 0) is 25.1 Å². The van der Waals surface area contributed by atoms with Crippen molar-refractivity contribution in [3.05, 3.63) is 24.3 Å². The van der Waals surface area contributed by atoms with E-state index in [1.165, 1.54) is 0 Å². The molecule has 0 bridgehead atoms. The molecular formula is C11H15N3O. The number of carbonyl (C=O) groups is 1. The Hall–Kier alpha value is -1.71. The summed E-state index contributed by atoms with van der Waals surface area (Å²) in [6.07, 6.45) is 0.561. The molecule has 1 aliphatic rings. The first kappa shape index (κ1) is 9.83. The van der Waals surface area contributed by atoms with Crippen molar-refractivity contribution in [2.24, 2.45) is 0 Å². The van der Waals surface area contributed by atoms with Crippen molar-refractivity contribution in [2.75, 3.05) is 17.8 Å². The van der Waals surface area contributed by atoms with Gasteiger partial charge in [-0.1, -0.05) is 6.07 Å². The Kier molecular flexibility index (Phi) is 2.26. The molecule has 1 unspecified atom stereocenters. The van der Waals surface area contributed by atoms with Crippen LogP contribution in [0, 0.1) is 0 Å². The quantitative estimate of drug-likeness (QED) is 0.702. The van der Waals surface area contributed by atoms with Gasteiger partial charge in [0.2, 0.25) is 5.91 Å². The highest BCUT2D eigenvalue weighted by Crippen LogP contribution is 2.27. The molecule has 0 aliphatic carbocycles. The van der Waals surface area contributed by atoms with E-state index < -0.39 is 0 Å². The first-order valence-electron chi connectivity index (χ1n) is 5.01. The van der Waals surface area contributed by atoms with Crippen molar-refractivity contribution in [2.45, 2.75) is 19.4 Å². The standard InChI is InChI=1S/C11H15N3O/c1-8-6-11(15)13(2)14(8)10-5-3-4-9(12)7-10/h3-5,7-8H,6,12H2,1-2H3. The molecule has 1 aromatic rings. The number of amides is 1. The van der Waals surface area contributed by atoms with Crippen LogP contribution >= 0.6 is 0 Å². The van der Waals surface area contributed by atoms with Crippen LogP contribution in [0.15, 0.2) is 24.3 Å². The van der Waals surface area contributed by atoms with Crippen LogP contribution in [-0.2, 0) is 4.79 Å². The van der Waals surface area contributed by atoms with Crippen molar-refractivity contribution < 1.29 is 4.79 Å². The van der Waals surface area contributed by atoms with Crippen molar-refractivity contribution in [3.8, 4) is 0 Å². The minimum atomic E-state index is 0.143. The van der Waals surface area contributed by atoms with Gasteiger partial charge in [-0.3, -0.25) is 14.8 Å². The second kappa shape index (κ2) is 3.46. The lowest BCUT2D eigenvalue weighted by molar-refractivity contribution is -0.126. The minimum Gasteiger partial charge on any atom is -0.399 e. The van der Waals surface area contributed by atoms with E-state index in [0.717, 1.165) is 5.69 Å². The molecule has 4 nitrogen and oxygen atoms in total. The van der Waals surface area contributed by atoms with Crippen LogP contribution in [-0.4, -0.2) is 24.0 Å². The first-order chi connectivity index (χ1) is 7.09. The Balaban J connectivity index is 2.34. The van der Waals surface area contributed by atoms with E-state index in [2.05, 4.69) is 0 Å². The normalized spacial score (nSPS) is 21.2. The van der Waals surface area contributed by atoms with Gasteiger partial charge in [0.05, 0.1) is 18.2 Å². The summed E-state index contributed by atoms with van der Waals surface area (Å²) in [5.41, 5.74) is 7.41. The summed E-state index contributed by atoms with van der Waals surface area (Å²) >= 11 is 0. The molecule has 1 amide bonds. The van der Waals surface area contributed by atoms with Crippen LogP contribution in [0.4, 0.5) is 11.4 Å². The fourth-order valence-electron chi connectivity index (χ4n) is 1.98. The SMILES string of the molecule is CC1CC(=O)N(C)N1c1cccc(N)c1. The van der Waals surface area contributed by atoms with Gasteiger partial charge in [0.25, 0.3) is 0 Å². The third-order valence-electron chi connectivity index (χ3n) is 2.71. The molecule has 2 rings (SSSR count). The average molecular weight is 205 g/mol. The molecule has 0 spiro atoms. The number of carbonyl (C=O) groups excluding carboxylic acids is 1. The Morgan fingerprint density at radius 3 is 2.73 bits per heavy atom. The number of nitrogens with zero attached hydrogens (tertiary/aromatic N) is 2. The van der Waals surface area contributed by atoms with Crippen molar-refractivity contribution in [3.63, 3.8) is 0 Å². The predicted molar refractivity (Wildman–Crippen MR) is 60.2 cm³/mol. The molecule has 15 heavy (non-hydrogen) atoms. The Bertz CT molecular complexity index is 391. The summed E-state index contributed by atoms with van der Waals surface area (Å²) in [6.45, 7) is 2.03. The molecule has 1 aromatic carbocycles. The van der Waals surface area contributed by atoms with Gasteiger partial charge in [0.1, 0.15) is 0 Å². The highest BCUT2D eigenvalue weighted by atomic mass is 16.2. The second-order valence-corrected chi connectivity index (χ2v) is 3.91. The van der Waals surface area contributed by atoms with Crippen LogP contribution in [0.25, 0.3) is 0 Å². The number of hydrogen-bond donors (Lipinski definition) is 1. The van der Waals surface area contributed by atoms with E-state index in [9.17, 15) is 4.79 Å². The fraction of sp³-hybridized carbons (Fsp3) is 0.364.